The van der Waals surface area contributed by atoms with E-state index < -0.39 is 0 Å². The van der Waals surface area contributed by atoms with Gasteiger partial charge in [-0.3, -0.25) is 0 Å². The van der Waals surface area contributed by atoms with Crippen LogP contribution in [0.2, 0.25) is 0 Å². The Kier molecular flexibility index (Phi) is 7.42. The van der Waals surface area contributed by atoms with E-state index in [0.717, 1.165) is 35.5 Å². The molecule has 4 nitrogen and oxygen atoms in total. The summed E-state index contributed by atoms with van der Waals surface area (Å²) in [6.45, 7) is 6.58. The molecule has 0 radical (unpaired) electrons. The van der Waals surface area contributed by atoms with Crippen LogP contribution in [0.3, 0.4) is 0 Å². The van der Waals surface area contributed by atoms with Crippen LogP contribution in [0.1, 0.15) is 17.5 Å². The SMILES string of the molecule is CCNC(=NCc1sc(-c2ccccc2)nc1C)NCCSC. The van der Waals surface area contributed by atoms with Crippen LogP contribution < -0.4 is 10.6 Å². The standard InChI is InChI=1S/C17H24N4S2/c1-4-18-17(19-10-11-22-3)20-12-15-13(2)21-16(23-15)14-8-6-5-7-9-14/h5-9H,4,10-12H2,1-3H3,(H2,18,19,20). The largest absolute Gasteiger partial charge is 0.357 e. The molecule has 0 aliphatic heterocycles. The number of guanidine groups is 1. The molecule has 2 aromatic rings. The van der Waals surface area contributed by atoms with Crippen LogP contribution >= 0.6 is 23.1 Å². The van der Waals surface area contributed by atoms with Gasteiger partial charge in [-0.1, -0.05) is 30.3 Å². The van der Waals surface area contributed by atoms with Gasteiger partial charge in [-0.05, 0) is 20.1 Å². The number of nitrogens with one attached hydrogen (secondary N) is 2. The van der Waals surface area contributed by atoms with Gasteiger partial charge < -0.3 is 10.6 Å². The van der Waals surface area contributed by atoms with Crippen molar-refractivity contribution in [3.63, 3.8) is 0 Å². The number of rotatable bonds is 7. The van der Waals surface area contributed by atoms with Gasteiger partial charge in [0, 0.05) is 29.3 Å². The maximum absolute atomic E-state index is 4.69. The lowest BCUT2D eigenvalue weighted by Crippen LogP contribution is -2.38. The van der Waals surface area contributed by atoms with Gasteiger partial charge in [-0.15, -0.1) is 11.3 Å². The predicted octanol–water partition coefficient (Wildman–Crippen LogP) is 3.54. The smallest absolute Gasteiger partial charge is 0.191 e. The highest BCUT2D eigenvalue weighted by atomic mass is 32.2. The van der Waals surface area contributed by atoms with Crippen molar-refractivity contribution in [2.45, 2.75) is 20.4 Å². The Bertz CT molecular complexity index is 623. The number of aliphatic imine (C=N–C) groups is 1. The van der Waals surface area contributed by atoms with E-state index in [2.05, 4.69) is 52.8 Å². The van der Waals surface area contributed by atoms with Crippen molar-refractivity contribution < 1.29 is 0 Å². The Morgan fingerprint density at radius 1 is 1.26 bits per heavy atom. The van der Waals surface area contributed by atoms with Crippen LogP contribution in [0.4, 0.5) is 0 Å². The summed E-state index contributed by atoms with van der Waals surface area (Å²) in [4.78, 5) is 10.6. The van der Waals surface area contributed by atoms with E-state index in [1.165, 1.54) is 10.4 Å². The second-order valence-corrected chi connectivity index (χ2v) is 7.08. The quantitative estimate of drug-likeness (QED) is 0.456. The second-order valence-electron chi connectivity index (χ2n) is 5.01. The minimum atomic E-state index is 0.658. The van der Waals surface area contributed by atoms with Gasteiger partial charge in [-0.25, -0.2) is 9.98 Å². The number of aromatic nitrogens is 1. The molecular formula is C17H24N4S2. The molecule has 0 aliphatic carbocycles. The third-order valence-electron chi connectivity index (χ3n) is 3.24. The first-order valence-electron chi connectivity index (χ1n) is 7.77. The Morgan fingerprint density at radius 3 is 2.74 bits per heavy atom. The van der Waals surface area contributed by atoms with E-state index in [-0.39, 0.29) is 0 Å². The van der Waals surface area contributed by atoms with Crippen molar-refractivity contribution in [2.75, 3.05) is 25.1 Å². The molecule has 0 unspecified atom stereocenters. The fourth-order valence-electron chi connectivity index (χ4n) is 2.04. The highest BCUT2D eigenvalue weighted by molar-refractivity contribution is 7.98. The number of benzene rings is 1. The highest BCUT2D eigenvalue weighted by Gasteiger charge is 2.09. The van der Waals surface area contributed by atoms with E-state index in [4.69, 9.17) is 0 Å². The molecular weight excluding hydrogens is 324 g/mol. The minimum absolute atomic E-state index is 0.658. The van der Waals surface area contributed by atoms with Crippen molar-refractivity contribution in [1.82, 2.24) is 15.6 Å². The molecule has 1 aromatic carbocycles. The van der Waals surface area contributed by atoms with Gasteiger partial charge in [0.1, 0.15) is 5.01 Å². The number of thiazole rings is 1. The summed E-state index contributed by atoms with van der Waals surface area (Å²) >= 11 is 3.55. The third-order valence-corrected chi connectivity index (χ3v) is 5.04. The van der Waals surface area contributed by atoms with E-state index in [9.17, 15) is 0 Å². The Morgan fingerprint density at radius 2 is 2.04 bits per heavy atom. The lowest BCUT2D eigenvalue weighted by molar-refractivity contribution is 0.844. The molecule has 0 saturated carbocycles. The molecule has 0 atom stereocenters. The number of aryl methyl sites for hydroxylation is 1. The van der Waals surface area contributed by atoms with Crippen molar-refractivity contribution >= 4 is 29.1 Å². The number of hydrogen-bond acceptors (Lipinski definition) is 4. The Hall–Kier alpha value is -1.53. The molecule has 0 fully saturated rings. The molecule has 2 N–H and O–H groups in total. The van der Waals surface area contributed by atoms with Gasteiger partial charge in [0.2, 0.25) is 0 Å². The molecule has 0 amide bonds. The van der Waals surface area contributed by atoms with Crippen molar-refractivity contribution in [2.24, 2.45) is 4.99 Å². The topological polar surface area (TPSA) is 49.3 Å². The van der Waals surface area contributed by atoms with Crippen LogP contribution in [0.15, 0.2) is 35.3 Å². The third kappa shape index (κ3) is 5.55. The summed E-state index contributed by atoms with van der Waals surface area (Å²) in [5.41, 5.74) is 2.23. The first-order valence-corrected chi connectivity index (χ1v) is 9.98. The Balaban J connectivity index is 2.06. The van der Waals surface area contributed by atoms with E-state index in [1.54, 1.807) is 11.3 Å². The molecule has 23 heavy (non-hydrogen) atoms. The highest BCUT2D eigenvalue weighted by Crippen LogP contribution is 2.28. The lowest BCUT2D eigenvalue weighted by Gasteiger charge is -2.10. The lowest BCUT2D eigenvalue weighted by atomic mass is 10.2. The van der Waals surface area contributed by atoms with Crippen molar-refractivity contribution in [1.29, 1.82) is 0 Å². The maximum atomic E-state index is 4.69. The predicted molar refractivity (Wildman–Crippen MR) is 103 cm³/mol. The zero-order valence-corrected chi connectivity index (χ0v) is 15.6. The molecule has 1 heterocycles. The number of thioether (sulfide) groups is 1. The van der Waals surface area contributed by atoms with E-state index in [0.29, 0.717) is 6.54 Å². The minimum Gasteiger partial charge on any atom is -0.357 e. The summed E-state index contributed by atoms with van der Waals surface area (Å²) in [5.74, 6) is 1.94. The van der Waals surface area contributed by atoms with Gasteiger partial charge >= 0.3 is 0 Å². The summed E-state index contributed by atoms with van der Waals surface area (Å²) in [6.07, 6.45) is 2.11. The molecule has 0 spiro atoms. The summed E-state index contributed by atoms with van der Waals surface area (Å²) in [5, 5.41) is 7.70. The molecule has 0 saturated heterocycles. The zero-order chi connectivity index (χ0) is 16.5. The van der Waals surface area contributed by atoms with Crippen LogP contribution in [0.25, 0.3) is 10.6 Å². The van der Waals surface area contributed by atoms with Crippen LogP contribution in [0, 0.1) is 6.92 Å². The fraction of sp³-hybridized carbons (Fsp3) is 0.412. The van der Waals surface area contributed by atoms with Crippen LogP contribution in [-0.2, 0) is 6.54 Å². The monoisotopic (exact) mass is 348 g/mol. The summed E-state index contributed by atoms with van der Waals surface area (Å²) < 4.78 is 0. The Labute approximate surface area is 146 Å². The first-order chi connectivity index (χ1) is 11.2. The van der Waals surface area contributed by atoms with Gasteiger partial charge in [0.15, 0.2) is 5.96 Å². The van der Waals surface area contributed by atoms with Gasteiger partial charge in [-0.2, -0.15) is 11.8 Å². The van der Waals surface area contributed by atoms with Crippen LogP contribution in [0.5, 0.6) is 0 Å². The van der Waals surface area contributed by atoms with Crippen LogP contribution in [-0.4, -0.2) is 36.0 Å². The molecule has 0 bridgehead atoms. The molecule has 1 aromatic heterocycles. The summed E-state index contributed by atoms with van der Waals surface area (Å²) in [7, 11) is 0. The number of hydrogen-bond donors (Lipinski definition) is 2. The molecule has 124 valence electrons. The average Bonchev–Trinajstić information content (AvgIpc) is 2.95. The average molecular weight is 349 g/mol. The second kappa shape index (κ2) is 9.57. The summed E-state index contributed by atoms with van der Waals surface area (Å²) in [6, 6.07) is 10.3. The van der Waals surface area contributed by atoms with Crippen molar-refractivity contribution in [3.8, 4) is 10.6 Å². The fourth-order valence-corrected chi connectivity index (χ4v) is 3.34. The normalized spacial score (nSPS) is 11.5. The van der Waals surface area contributed by atoms with E-state index in [1.807, 2.05) is 30.0 Å². The first kappa shape index (κ1) is 17.8. The van der Waals surface area contributed by atoms with Gasteiger partial charge in [0.05, 0.1) is 12.2 Å². The van der Waals surface area contributed by atoms with Gasteiger partial charge in [0.25, 0.3) is 0 Å². The number of nitrogens with zero attached hydrogens (tertiary/aromatic N) is 2. The van der Waals surface area contributed by atoms with Crippen molar-refractivity contribution in [3.05, 3.63) is 40.9 Å². The molecule has 0 aliphatic rings. The van der Waals surface area contributed by atoms with E-state index >= 15 is 0 Å². The zero-order valence-electron chi connectivity index (χ0n) is 13.9. The molecule has 6 heteroatoms. The maximum Gasteiger partial charge on any atom is 0.191 e. The molecule has 2 rings (SSSR count).